The zero-order chi connectivity index (χ0) is 25.1. The lowest BCUT2D eigenvalue weighted by Gasteiger charge is -2.26. The number of hydrogen-bond donors (Lipinski definition) is 0. The van der Waals surface area contributed by atoms with Crippen molar-refractivity contribution in [1.82, 2.24) is 0 Å². The van der Waals surface area contributed by atoms with Crippen molar-refractivity contribution in [1.29, 1.82) is 0 Å². The Balaban J connectivity index is 1.79. The van der Waals surface area contributed by atoms with Crippen molar-refractivity contribution in [2.75, 3.05) is 0 Å². The fourth-order valence-corrected chi connectivity index (χ4v) is 3.70. The van der Waals surface area contributed by atoms with E-state index in [2.05, 4.69) is 6.58 Å². The Hall–Kier alpha value is -4.69. The van der Waals surface area contributed by atoms with Gasteiger partial charge in [0.05, 0.1) is 5.41 Å². The van der Waals surface area contributed by atoms with Gasteiger partial charge < -0.3 is 4.74 Å². The maximum absolute atomic E-state index is 13.4. The van der Waals surface area contributed by atoms with Crippen molar-refractivity contribution >= 4 is 24.2 Å². The average molecular weight is 469 g/mol. The first-order valence-electron chi connectivity index (χ1n) is 11.8. The standard InChI is InChI=1S/C34H28O2/c1-28(33(35)36-32-20-12-5-13-21-32)34(25-22-29-14-6-2-7-15-29,26-23-30-16-8-3-9-17-30)27-24-31-18-10-4-11-19-31/h2-27H,1H2. The van der Waals surface area contributed by atoms with Gasteiger partial charge in [-0.1, -0.05) is 152 Å². The van der Waals surface area contributed by atoms with Crippen LogP contribution in [0.15, 0.2) is 152 Å². The molecule has 0 saturated heterocycles. The quantitative estimate of drug-likeness (QED) is 0.140. The maximum atomic E-state index is 13.4. The van der Waals surface area contributed by atoms with Crippen LogP contribution in [0.1, 0.15) is 16.7 Å². The molecule has 0 saturated carbocycles. The molecule has 2 heteroatoms. The van der Waals surface area contributed by atoms with Crippen LogP contribution in [-0.4, -0.2) is 5.97 Å². The maximum Gasteiger partial charge on any atom is 0.340 e. The van der Waals surface area contributed by atoms with Gasteiger partial charge in [0.25, 0.3) is 0 Å². The molecule has 0 amide bonds. The van der Waals surface area contributed by atoms with E-state index >= 15 is 0 Å². The summed E-state index contributed by atoms with van der Waals surface area (Å²) in [4.78, 5) is 13.4. The monoisotopic (exact) mass is 468 g/mol. The Morgan fingerprint density at radius 3 is 1.25 bits per heavy atom. The van der Waals surface area contributed by atoms with Crippen LogP contribution >= 0.6 is 0 Å². The first-order chi connectivity index (χ1) is 17.6. The SMILES string of the molecule is C=C(C(=O)Oc1ccccc1)C(C=Cc1ccccc1)(C=Cc1ccccc1)C=Cc1ccccc1. The van der Waals surface area contributed by atoms with Crippen molar-refractivity contribution in [3.63, 3.8) is 0 Å². The number of esters is 1. The van der Waals surface area contributed by atoms with Crippen LogP contribution in [-0.2, 0) is 4.79 Å². The minimum atomic E-state index is -0.937. The van der Waals surface area contributed by atoms with Crippen molar-refractivity contribution < 1.29 is 9.53 Å². The van der Waals surface area contributed by atoms with Crippen LogP contribution in [0, 0.1) is 5.41 Å². The summed E-state index contributed by atoms with van der Waals surface area (Å²) in [5, 5.41) is 0. The first-order valence-corrected chi connectivity index (χ1v) is 11.8. The number of allylic oxidation sites excluding steroid dienone is 3. The molecule has 0 unspecified atom stereocenters. The van der Waals surface area contributed by atoms with Gasteiger partial charge in [0.1, 0.15) is 5.75 Å². The van der Waals surface area contributed by atoms with Crippen molar-refractivity contribution in [3.8, 4) is 5.75 Å². The van der Waals surface area contributed by atoms with Gasteiger partial charge in [0, 0.05) is 5.57 Å². The molecule has 0 N–H and O–H groups in total. The van der Waals surface area contributed by atoms with Gasteiger partial charge in [0.2, 0.25) is 0 Å². The molecule has 0 bridgehead atoms. The van der Waals surface area contributed by atoms with E-state index in [1.807, 2.05) is 146 Å². The molecular formula is C34H28O2. The Morgan fingerprint density at radius 2 is 0.889 bits per heavy atom. The van der Waals surface area contributed by atoms with E-state index in [-0.39, 0.29) is 0 Å². The zero-order valence-corrected chi connectivity index (χ0v) is 20.0. The van der Waals surface area contributed by atoms with Crippen LogP contribution in [0.2, 0.25) is 0 Å². The lowest BCUT2D eigenvalue weighted by molar-refractivity contribution is -0.130. The summed E-state index contributed by atoms with van der Waals surface area (Å²) in [5.74, 6) is -0.0157. The highest BCUT2D eigenvalue weighted by Crippen LogP contribution is 2.36. The number of benzene rings is 4. The fourth-order valence-electron chi connectivity index (χ4n) is 3.70. The lowest BCUT2D eigenvalue weighted by atomic mass is 9.78. The van der Waals surface area contributed by atoms with E-state index in [0.717, 1.165) is 16.7 Å². The van der Waals surface area contributed by atoms with Crippen molar-refractivity contribution in [2.45, 2.75) is 0 Å². The highest BCUT2D eigenvalue weighted by Gasteiger charge is 2.31. The van der Waals surface area contributed by atoms with Gasteiger partial charge in [-0.15, -0.1) is 0 Å². The second-order valence-electron chi connectivity index (χ2n) is 8.35. The molecule has 36 heavy (non-hydrogen) atoms. The number of para-hydroxylation sites is 1. The molecule has 4 rings (SSSR count). The van der Waals surface area contributed by atoms with E-state index in [1.54, 1.807) is 12.1 Å². The molecule has 0 aliphatic carbocycles. The van der Waals surface area contributed by atoms with Gasteiger partial charge in [-0.05, 0) is 28.8 Å². The smallest absolute Gasteiger partial charge is 0.340 e. The Kier molecular flexibility index (Phi) is 8.24. The number of hydrogen-bond acceptors (Lipinski definition) is 2. The molecule has 0 fully saturated rings. The van der Waals surface area contributed by atoms with E-state index in [1.165, 1.54) is 0 Å². The summed E-state index contributed by atoms with van der Waals surface area (Å²) in [6, 6.07) is 39.0. The summed E-state index contributed by atoms with van der Waals surface area (Å²) < 4.78 is 5.70. The summed E-state index contributed by atoms with van der Waals surface area (Å²) in [5.41, 5.74) is 2.43. The third kappa shape index (κ3) is 6.68. The highest BCUT2D eigenvalue weighted by atomic mass is 16.5. The molecule has 0 aliphatic rings. The number of rotatable bonds is 9. The number of ether oxygens (including phenoxy) is 1. The number of carbonyl (C=O) groups excluding carboxylic acids is 1. The molecule has 0 heterocycles. The van der Waals surface area contributed by atoms with Crippen LogP contribution in [0.3, 0.4) is 0 Å². The molecular weight excluding hydrogens is 440 g/mol. The summed E-state index contributed by atoms with van der Waals surface area (Å²) in [6.45, 7) is 4.23. The van der Waals surface area contributed by atoms with Gasteiger partial charge in [0.15, 0.2) is 0 Å². The predicted octanol–water partition coefficient (Wildman–Crippen LogP) is 8.27. The lowest BCUT2D eigenvalue weighted by Crippen LogP contribution is -2.24. The molecule has 0 radical (unpaired) electrons. The summed E-state index contributed by atoms with van der Waals surface area (Å²) in [6.07, 6.45) is 12.0. The third-order valence-corrected chi connectivity index (χ3v) is 5.78. The summed E-state index contributed by atoms with van der Waals surface area (Å²) in [7, 11) is 0. The van der Waals surface area contributed by atoms with Crippen LogP contribution in [0.25, 0.3) is 18.2 Å². The normalized spacial score (nSPS) is 13.1. The molecule has 2 nitrogen and oxygen atoms in total. The van der Waals surface area contributed by atoms with Crippen LogP contribution in [0.5, 0.6) is 5.75 Å². The minimum absolute atomic E-state index is 0.304. The van der Waals surface area contributed by atoms with Gasteiger partial charge in [-0.3, -0.25) is 0 Å². The molecule has 4 aromatic carbocycles. The minimum Gasteiger partial charge on any atom is -0.423 e. The molecule has 0 aliphatic heterocycles. The van der Waals surface area contributed by atoms with E-state index in [0.29, 0.717) is 11.3 Å². The Morgan fingerprint density at radius 1 is 0.556 bits per heavy atom. The Labute approximate surface area is 213 Å². The second-order valence-corrected chi connectivity index (χ2v) is 8.35. The molecule has 0 atom stereocenters. The van der Waals surface area contributed by atoms with E-state index < -0.39 is 11.4 Å². The van der Waals surface area contributed by atoms with E-state index in [9.17, 15) is 4.79 Å². The average Bonchev–Trinajstić information content (AvgIpc) is 2.95. The van der Waals surface area contributed by atoms with Crippen molar-refractivity contribution in [2.24, 2.45) is 5.41 Å². The largest absolute Gasteiger partial charge is 0.423 e. The summed E-state index contributed by atoms with van der Waals surface area (Å²) >= 11 is 0. The second kappa shape index (κ2) is 12.1. The van der Waals surface area contributed by atoms with E-state index in [4.69, 9.17) is 4.74 Å². The number of carbonyl (C=O) groups is 1. The molecule has 0 aromatic heterocycles. The topological polar surface area (TPSA) is 26.3 Å². The third-order valence-electron chi connectivity index (χ3n) is 5.78. The first kappa shape index (κ1) is 24.4. The molecule has 176 valence electrons. The molecule has 4 aromatic rings. The van der Waals surface area contributed by atoms with Crippen LogP contribution in [0.4, 0.5) is 0 Å². The van der Waals surface area contributed by atoms with Gasteiger partial charge in [-0.2, -0.15) is 0 Å². The van der Waals surface area contributed by atoms with Gasteiger partial charge in [-0.25, -0.2) is 4.79 Å². The van der Waals surface area contributed by atoms with Gasteiger partial charge >= 0.3 is 5.97 Å². The fraction of sp³-hybridized carbons (Fsp3) is 0.0294. The predicted molar refractivity (Wildman–Crippen MR) is 150 cm³/mol. The highest BCUT2D eigenvalue weighted by molar-refractivity contribution is 5.93. The Bertz CT molecular complexity index is 1230. The zero-order valence-electron chi connectivity index (χ0n) is 20.0. The molecule has 0 spiro atoms. The van der Waals surface area contributed by atoms with Crippen molar-refractivity contribution in [3.05, 3.63) is 168 Å². The van der Waals surface area contributed by atoms with Crippen LogP contribution < -0.4 is 4.74 Å².